The highest BCUT2D eigenvalue weighted by molar-refractivity contribution is 5.69. The molecule has 0 spiro atoms. The number of hydrogen-bond acceptors (Lipinski definition) is 2. The Kier molecular flexibility index (Phi) is 19.4. The van der Waals surface area contributed by atoms with E-state index in [0.29, 0.717) is 6.42 Å². The predicted octanol–water partition coefficient (Wildman–Crippen LogP) is 7.98. The van der Waals surface area contributed by atoms with Crippen LogP contribution in [0.2, 0.25) is 0 Å². The van der Waals surface area contributed by atoms with Crippen LogP contribution in [0.3, 0.4) is 0 Å². The van der Waals surface area contributed by atoms with E-state index >= 15 is 0 Å². The van der Waals surface area contributed by atoms with Gasteiger partial charge in [0.15, 0.2) is 0 Å². The molecule has 0 aromatic rings. The van der Waals surface area contributed by atoms with Crippen LogP contribution in [-0.2, 0) is 9.53 Å². The summed E-state index contributed by atoms with van der Waals surface area (Å²) >= 11 is 0. The van der Waals surface area contributed by atoms with Gasteiger partial charge in [0, 0.05) is 6.42 Å². The van der Waals surface area contributed by atoms with Crippen molar-refractivity contribution in [3.8, 4) is 0 Å². The Balaban J connectivity index is 3.23. The van der Waals surface area contributed by atoms with Crippen molar-refractivity contribution in [1.82, 2.24) is 0 Å². The molecule has 0 bridgehead atoms. The van der Waals surface area contributed by atoms with Gasteiger partial charge in [-0.2, -0.15) is 0 Å². The molecule has 0 saturated heterocycles. The number of esters is 1. The van der Waals surface area contributed by atoms with Gasteiger partial charge in [0.1, 0.15) is 0 Å². The summed E-state index contributed by atoms with van der Waals surface area (Å²) < 4.78 is 5.47. The standard InChI is InChI=1S/C23H46O2/c1-4-6-8-9-10-11-12-13-14-15-16-17-19-21-23(24)25-22(3)20-18-7-5-2/h22H,4-21H2,1-3H3. The Morgan fingerprint density at radius 2 is 1.04 bits per heavy atom. The summed E-state index contributed by atoms with van der Waals surface area (Å²) in [6.07, 6.45) is 22.8. The Morgan fingerprint density at radius 3 is 1.52 bits per heavy atom. The Hall–Kier alpha value is -0.530. The lowest BCUT2D eigenvalue weighted by atomic mass is 10.0. The zero-order valence-electron chi connectivity index (χ0n) is 17.6. The summed E-state index contributed by atoms with van der Waals surface area (Å²) in [5.74, 6) is 0.00655. The molecule has 0 aliphatic heterocycles. The predicted molar refractivity (Wildman–Crippen MR) is 110 cm³/mol. The van der Waals surface area contributed by atoms with E-state index in [0.717, 1.165) is 12.8 Å². The van der Waals surface area contributed by atoms with E-state index < -0.39 is 0 Å². The zero-order valence-corrected chi connectivity index (χ0v) is 17.6. The minimum Gasteiger partial charge on any atom is -0.463 e. The van der Waals surface area contributed by atoms with Crippen molar-refractivity contribution >= 4 is 5.97 Å². The fourth-order valence-corrected chi connectivity index (χ4v) is 3.31. The van der Waals surface area contributed by atoms with Crippen LogP contribution in [0.25, 0.3) is 0 Å². The first-order valence-corrected chi connectivity index (χ1v) is 11.4. The summed E-state index contributed by atoms with van der Waals surface area (Å²) in [4.78, 5) is 11.8. The molecule has 2 nitrogen and oxygen atoms in total. The molecule has 0 N–H and O–H groups in total. The molecular formula is C23H46O2. The first-order valence-electron chi connectivity index (χ1n) is 11.4. The molecule has 0 fully saturated rings. The fourth-order valence-electron chi connectivity index (χ4n) is 3.31. The van der Waals surface area contributed by atoms with E-state index in [1.807, 2.05) is 6.92 Å². The average molecular weight is 355 g/mol. The molecule has 0 radical (unpaired) electrons. The van der Waals surface area contributed by atoms with Crippen LogP contribution < -0.4 is 0 Å². The third-order valence-electron chi connectivity index (χ3n) is 5.03. The quantitative estimate of drug-likeness (QED) is 0.173. The second-order valence-electron chi connectivity index (χ2n) is 7.79. The Labute approximate surface area is 158 Å². The number of carbonyl (C=O) groups excluding carboxylic acids is 1. The van der Waals surface area contributed by atoms with Crippen LogP contribution in [0.5, 0.6) is 0 Å². The van der Waals surface area contributed by atoms with Crippen molar-refractivity contribution in [1.29, 1.82) is 0 Å². The van der Waals surface area contributed by atoms with Gasteiger partial charge in [0.25, 0.3) is 0 Å². The van der Waals surface area contributed by atoms with Crippen molar-refractivity contribution in [3.63, 3.8) is 0 Å². The molecule has 1 unspecified atom stereocenters. The number of rotatable bonds is 19. The van der Waals surface area contributed by atoms with Crippen LogP contribution in [0.15, 0.2) is 0 Å². The number of carbonyl (C=O) groups is 1. The van der Waals surface area contributed by atoms with Crippen molar-refractivity contribution in [2.45, 2.75) is 142 Å². The van der Waals surface area contributed by atoms with Gasteiger partial charge >= 0.3 is 5.97 Å². The molecule has 2 heteroatoms. The normalized spacial score (nSPS) is 12.3. The van der Waals surface area contributed by atoms with E-state index in [-0.39, 0.29) is 12.1 Å². The van der Waals surface area contributed by atoms with Crippen LogP contribution in [0, 0.1) is 0 Å². The second-order valence-corrected chi connectivity index (χ2v) is 7.79. The van der Waals surface area contributed by atoms with E-state index in [2.05, 4.69) is 13.8 Å². The van der Waals surface area contributed by atoms with Gasteiger partial charge in [0.2, 0.25) is 0 Å². The number of ether oxygens (including phenoxy) is 1. The topological polar surface area (TPSA) is 26.3 Å². The largest absolute Gasteiger partial charge is 0.463 e. The van der Waals surface area contributed by atoms with Crippen LogP contribution >= 0.6 is 0 Å². The minimum atomic E-state index is 0.00655. The van der Waals surface area contributed by atoms with Gasteiger partial charge in [-0.05, 0) is 26.2 Å². The van der Waals surface area contributed by atoms with Gasteiger partial charge in [-0.25, -0.2) is 0 Å². The van der Waals surface area contributed by atoms with Crippen LogP contribution in [0.1, 0.15) is 136 Å². The maximum Gasteiger partial charge on any atom is 0.306 e. The smallest absolute Gasteiger partial charge is 0.306 e. The highest BCUT2D eigenvalue weighted by Crippen LogP contribution is 2.13. The Morgan fingerprint density at radius 1 is 0.640 bits per heavy atom. The van der Waals surface area contributed by atoms with Gasteiger partial charge in [-0.3, -0.25) is 4.79 Å². The molecular weight excluding hydrogens is 308 g/mol. The van der Waals surface area contributed by atoms with Crippen molar-refractivity contribution in [3.05, 3.63) is 0 Å². The SMILES string of the molecule is CCCCCCCCCCCCCCCC(=O)OC(C)CCCCC. The van der Waals surface area contributed by atoms with Crippen molar-refractivity contribution in [2.75, 3.05) is 0 Å². The van der Waals surface area contributed by atoms with E-state index in [1.165, 1.54) is 96.3 Å². The first-order chi connectivity index (χ1) is 12.2. The molecule has 25 heavy (non-hydrogen) atoms. The van der Waals surface area contributed by atoms with Crippen molar-refractivity contribution < 1.29 is 9.53 Å². The summed E-state index contributed by atoms with van der Waals surface area (Å²) in [5.41, 5.74) is 0. The van der Waals surface area contributed by atoms with Crippen molar-refractivity contribution in [2.24, 2.45) is 0 Å². The minimum absolute atomic E-state index is 0.00655. The highest BCUT2D eigenvalue weighted by Gasteiger charge is 2.08. The maximum atomic E-state index is 11.8. The molecule has 0 amide bonds. The third kappa shape index (κ3) is 19.6. The molecule has 0 heterocycles. The molecule has 150 valence electrons. The summed E-state index contributed by atoms with van der Waals surface area (Å²) in [6, 6.07) is 0. The highest BCUT2D eigenvalue weighted by atomic mass is 16.5. The van der Waals surface area contributed by atoms with Crippen LogP contribution in [0.4, 0.5) is 0 Å². The van der Waals surface area contributed by atoms with Gasteiger partial charge < -0.3 is 4.74 Å². The lowest BCUT2D eigenvalue weighted by molar-refractivity contribution is -0.148. The van der Waals surface area contributed by atoms with E-state index in [1.54, 1.807) is 0 Å². The molecule has 0 rings (SSSR count). The third-order valence-corrected chi connectivity index (χ3v) is 5.03. The first kappa shape index (κ1) is 24.5. The van der Waals surface area contributed by atoms with Gasteiger partial charge in [-0.15, -0.1) is 0 Å². The summed E-state index contributed by atoms with van der Waals surface area (Å²) in [6.45, 7) is 6.50. The molecule has 0 saturated carbocycles. The van der Waals surface area contributed by atoms with E-state index in [9.17, 15) is 4.79 Å². The van der Waals surface area contributed by atoms with Gasteiger partial charge in [0.05, 0.1) is 6.10 Å². The van der Waals surface area contributed by atoms with Crippen LogP contribution in [-0.4, -0.2) is 12.1 Å². The molecule has 1 atom stereocenters. The summed E-state index contributed by atoms with van der Waals surface area (Å²) in [5, 5.41) is 0. The molecule has 0 aromatic heterocycles. The second kappa shape index (κ2) is 19.8. The number of hydrogen-bond donors (Lipinski definition) is 0. The number of unbranched alkanes of at least 4 members (excludes halogenated alkanes) is 14. The lowest BCUT2D eigenvalue weighted by Crippen LogP contribution is -2.14. The molecule has 0 aliphatic rings. The fraction of sp³-hybridized carbons (Fsp3) is 0.957. The average Bonchev–Trinajstić information content (AvgIpc) is 2.59. The van der Waals surface area contributed by atoms with E-state index in [4.69, 9.17) is 4.74 Å². The van der Waals surface area contributed by atoms with Gasteiger partial charge in [-0.1, -0.05) is 104 Å². The molecule has 0 aromatic carbocycles. The summed E-state index contributed by atoms with van der Waals surface area (Å²) in [7, 11) is 0. The zero-order chi connectivity index (χ0) is 18.6. The maximum absolute atomic E-state index is 11.8. The molecule has 0 aliphatic carbocycles. The lowest BCUT2D eigenvalue weighted by Gasteiger charge is -2.12. The monoisotopic (exact) mass is 354 g/mol. The Bertz CT molecular complexity index is 275.